The van der Waals surface area contributed by atoms with E-state index in [-0.39, 0.29) is 5.41 Å². The van der Waals surface area contributed by atoms with E-state index >= 15 is 0 Å². The van der Waals surface area contributed by atoms with E-state index in [1.54, 1.807) is 25.3 Å². The second-order valence-corrected chi connectivity index (χ2v) is 5.75. The van der Waals surface area contributed by atoms with E-state index < -0.39 is 5.97 Å². The Morgan fingerprint density at radius 1 is 1.40 bits per heavy atom. The fourth-order valence-corrected chi connectivity index (χ4v) is 3.09. The number of carbonyl (C=O) groups is 1. The molecule has 2 N–H and O–H groups in total. The highest BCUT2D eigenvalue weighted by Gasteiger charge is 2.33. The molecule has 4 nitrogen and oxygen atoms in total. The predicted molar refractivity (Wildman–Crippen MR) is 77.9 cm³/mol. The first-order valence-electron chi connectivity index (χ1n) is 7.17. The molecule has 0 bridgehead atoms. The summed E-state index contributed by atoms with van der Waals surface area (Å²) in [7, 11) is 1.76. The van der Waals surface area contributed by atoms with Gasteiger partial charge in [0, 0.05) is 25.6 Å². The minimum absolute atomic E-state index is 0.263. The van der Waals surface area contributed by atoms with Gasteiger partial charge < -0.3 is 15.2 Å². The average molecular weight is 277 g/mol. The van der Waals surface area contributed by atoms with Crippen LogP contribution in [-0.2, 0) is 11.3 Å². The van der Waals surface area contributed by atoms with Crippen LogP contribution in [0.15, 0.2) is 24.3 Å². The molecule has 110 valence electrons. The standard InChI is InChI=1S/C16H23NO3/c1-20-12-16(7-2-3-8-16)11-17-10-13-5-4-6-14(9-13)15(18)19/h4-6,9,17H,2-3,7-8,10-12H2,1H3,(H,18,19). The maximum atomic E-state index is 10.9. The summed E-state index contributed by atoms with van der Waals surface area (Å²) in [5.74, 6) is -0.876. The van der Waals surface area contributed by atoms with Gasteiger partial charge in [-0.05, 0) is 30.5 Å². The van der Waals surface area contributed by atoms with Gasteiger partial charge in [-0.15, -0.1) is 0 Å². The molecule has 1 aliphatic rings. The van der Waals surface area contributed by atoms with Crippen molar-refractivity contribution in [3.63, 3.8) is 0 Å². The molecule has 1 aromatic rings. The third kappa shape index (κ3) is 3.81. The Labute approximate surface area is 120 Å². The van der Waals surface area contributed by atoms with E-state index in [1.165, 1.54) is 25.7 Å². The highest BCUT2D eigenvalue weighted by atomic mass is 16.5. The van der Waals surface area contributed by atoms with E-state index in [0.29, 0.717) is 12.1 Å². The number of nitrogens with one attached hydrogen (secondary N) is 1. The van der Waals surface area contributed by atoms with Crippen LogP contribution in [0, 0.1) is 5.41 Å². The molecule has 0 radical (unpaired) electrons. The van der Waals surface area contributed by atoms with Crippen LogP contribution in [0.5, 0.6) is 0 Å². The molecule has 1 aliphatic carbocycles. The topological polar surface area (TPSA) is 58.6 Å². The lowest BCUT2D eigenvalue weighted by Gasteiger charge is -2.28. The minimum atomic E-state index is -0.876. The zero-order valence-corrected chi connectivity index (χ0v) is 12.0. The summed E-state index contributed by atoms with van der Waals surface area (Å²) in [6, 6.07) is 7.10. The molecule has 0 saturated heterocycles. The van der Waals surface area contributed by atoms with Crippen molar-refractivity contribution >= 4 is 5.97 Å². The van der Waals surface area contributed by atoms with Gasteiger partial charge in [-0.25, -0.2) is 4.79 Å². The third-order valence-electron chi connectivity index (χ3n) is 4.12. The molecule has 0 heterocycles. The lowest BCUT2D eigenvalue weighted by atomic mass is 9.87. The van der Waals surface area contributed by atoms with E-state index in [1.807, 2.05) is 6.07 Å². The van der Waals surface area contributed by atoms with E-state index in [2.05, 4.69) is 5.32 Å². The van der Waals surface area contributed by atoms with Crippen LogP contribution < -0.4 is 5.32 Å². The highest BCUT2D eigenvalue weighted by molar-refractivity contribution is 5.87. The lowest BCUT2D eigenvalue weighted by Crippen LogP contribution is -2.35. The van der Waals surface area contributed by atoms with E-state index in [0.717, 1.165) is 18.7 Å². The van der Waals surface area contributed by atoms with Crippen molar-refractivity contribution in [2.24, 2.45) is 5.41 Å². The number of ether oxygens (including phenoxy) is 1. The summed E-state index contributed by atoms with van der Waals surface area (Å²) in [5.41, 5.74) is 1.62. The number of methoxy groups -OCH3 is 1. The monoisotopic (exact) mass is 277 g/mol. The van der Waals surface area contributed by atoms with Crippen molar-refractivity contribution in [1.29, 1.82) is 0 Å². The molecule has 4 heteroatoms. The molecule has 0 spiro atoms. The van der Waals surface area contributed by atoms with Crippen LogP contribution in [0.2, 0.25) is 0 Å². The molecular formula is C16H23NO3. The Bertz CT molecular complexity index is 453. The van der Waals surface area contributed by atoms with Crippen LogP contribution >= 0.6 is 0 Å². The van der Waals surface area contributed by atoms with Crippen molar-refractivity contribution in [2.45, 2.75) is 32.2 Å². The van der Waals surface area contributed by atoms with Crippen LogP contribution in [0.4, 0.5) is 0 Å². The molecule has 0 aliphatic heterocycles. The third-order valence-corrected chi connectivity index (χ3v) is 4.12. The second kappa shape index (κ2) is 6.86. The molecular weight excluding hydrogens is 254 g/mol. The Hall–Kier alpha value is -1.39. The van der Waals surface area contributed by atoms with E-state index in [9.17, 15) is 4.79 Å². The SMILES string of the molecule is COCC1(CNCc2cccc(C(=O)O)c2)CCCC1. The van der Waals surface area contributed by atoms with Crippen LogP contribution in [-0.4, -0.2) is 31.3 Å². The molecule has 0 unspecified atom stereocenters. The van der Waals surface area contributed by atoms with Crippen LogP contribution in [0.3, 0.4) is 0 Å². The summed E-state index contributed by atoms with van der Waals surface area (Å²) >= 11 is 0. The molecule has 1 aromatic carbocycles. The lowest BCUT2D eigenvalue weighted by molar-refractivity contribution is 0.0696. The quantitative estimate of drug-likeness (QED) is 0.804. The molecule has 1 saturated carbocycles. The maximum absolute atomic E-state index is 10.9. The maximum Gasteiger partial charge on any atom is 0.335 e. The Balaban J connectivity index is 1.88. The highest BCUT2D eigenvalue weighted by Crippen LogP contribution is 2.37. The first-order chi connectivity index (χ1) is 9.65. The molecule has 0 amide bonds. The van der Waals surface area contributed by atoms with Gasteiger partial charge in [-0.3, -0.25) is 0 Å². The van der Waals surface area contributed by atoms with Gasteiger partial charge in [-0.2, -0.15) is 0 Å². The molecule has 0 atom stereocenters. The van der Waals surface area contributed by atoms with Crippen molar-refractivity contribution in [1.82, 2.24) is 5.32 Å². The summed E-state index contributed by atoms with van der Waals surface area (Å²) < 4.78 is 5.36. The fraction of sp³-hybridized carbons (Fsp3) is 0.562. The number of rotatable bonds is 7. The number of carboxylic acids is 1. The second-order valence-electron chi connectivity index (χ2n) is 5.75. The molecule has 2 rings (SSSR count). The van der Waals surface area contributed by atoms with Gasteiger partial charge in [0.1, 0.15) is 0 Å². The van der Waals surface area contributed by atoms with Crippen molar-refractivity contribution in [3.8, 4) is 0 Å². The summed E-state index contributed by atoms with van der Waals surface area (Å²) in [6.45, 7) is 2.43. The smallest absolute Gasteiger partial charge is 0.335 e. The first-order valence-corrected chi connectivity index (χ1v) is 7.17. The molecule has 20 heavy (non-hydrogen) atoms. The number of hydrogen-bond acceptors (Lipinski definition) is 3. The average Bonchev–Trinajstić information content (AvgIpc) is 2.88. The van der Waals surface area contributed by atoms with Gasteiger partial charge >= 0.3 is 5.97 Å². The number of hydrogen-bond donors (Lipinski definition) is 2. The van der Waals surface area contributed by atoms with E-state index in [4.69, 9.17) is 9.84 Å². The Morgan fingerprint density at radius 3 is 2.80 bits per heavy atom. The summed E-state index contributed by atoms with van der Waals surface area (Å²) in [4.78, 5) is 10.9. The van der Waals surface area contributed by atoms with Gasteiger partial charge in [-0.1, -0.05) is 25.0 Å². The van der Waals surface area contributed by atoms with Crippen molar-refractivity contribution in [3.05, 3.63) is 35.4 Å². The van der Waals surface area contributed by atoms with Gasteiger partial charge in [0.15, 0.2) is 0 Å². The number of carboxylic acid groups (broad SMARTS) is 1. The first kappa shape index (κ1) is 15.0. The zero-order chi connectivity index (χ0) is 14.4. The fourth-order valence-electron chi connectivity index (χ4n) is 3.09. The van der Waals surface area contributed by atoms with Crippen molar-refractivity contribution < 1.29 is 14.6 Å². The molecule has 0 aromatic heterocycles. The van der Waals surface area contributed by atoms with Gasteiger partial charge in [0.05, 0.1) is 12.2 Å². The largest absolute Gasteiger partial charge is 0.478 e. The van der Waals surface area contributed by atoms with Gasteiger partial charge in [0.25, 0.3) is 0 Å². The Kier molecular flexibility index (Phi) is 5.15. The van der Waals surface area contributed by atoms with Crippen LogP contribution in [0.1, 0.15) is 41.6 Å². The summed E-state index contributed by atoms with van der Waals surface area (Å²) in [6.07, 6.45) is 4.98. The van der Waals surface area contributed by atoms with Crippen molar-refractivity contribution in [2.75, 3.05) is 20.3 Å². The summed E-state index contributed by atoms with van der Waals surface area (Å²) in [5, 5.41) is 12.4. The zero-order valence-electron chi connectivity index (χ0n) is 12.0. The number of benzene rings is 1. The predicted octanol–water partition coefficient (Wildman–Crippen LogP) is 2.68. The Morgan fingerprint density at radius 2 is 2.15 bits per heavy atom. The van der Waals surface area contributed by atoms with Gasteiger partial charge in [0.2, 0.25) is 0 Å². The van der Waals surface area contributed by atoms with Crippen LogP contribution in [0.25, 0.3) is 0 Å². The minimum Gasteiger partial charge on any atom is -0.478 e. The molecule has 1 fully saturated rings. The normalized spacial score (nSPS) is 17.2. The number of aromatic carboxylic acids is 1.